The zero-order valence-corrected chi connectivity index (χ0v) is 39.0. The number of aliphatic hydroxyl groups excluding tert-OH is 2. The highest BCUT2D eigenvalue weighted by atomic mass is 16.5. The Labute approximate surface area is 361 Å². The van der Waals surface area contributed by atoms with Gasteiger partial charge in [0.05, 0.1) is 25.4 Å². The normalized spacial score (nSPS) is 12.7. The number of carbonyl (C=O) groups excluding carboxylic acids is 2. The monoisotopic (exact) mass is 820 g/mol. The van der Waals surface area contributed by atoms with Crippen LogP contribution in [0.25, 0.3) is 0 Å². The second kappa shape index (κ2) is 48.3. The predicted molar refractivity (Wildman–Crippen MR) is 250 cm³/mol. The lowest BCUT2D eigenvalue weighted by molar-refractivity contribution is -0.143. The molecule has 0 aromatic heterocycles. The van der Waals surface area contributed by atoms with Gasteiger partial charge in [0, 0.05) is 12.8 Å². The number of nitrogens with one attached hydrogen (secondary N) is 1. The second-order valence-corrected chi connectivity index (χ2v) is 17.9. The molecule has 58 heavy (non-hydrogen) atoms. The van der Waals surface area contributed by atoms with Gasteiger partial charge < -0.3 is 20.3 Å². The molecular formula is C52H101NO5. The van der Waals surface area contributed by atoms with Gasteiger partial charge in [-0.3, -0.25) is 9.59 Å². The van der Waals surface area contributed by atoms with Crippen LogP contribution in [0.4, 0.5) is 0 Å². The van der Waals surface area contributed by atoms with Gasteiger partial charge in [0.15, 0.2) is 0 Å². The van der Waals surface area contributed by atoms with Crippen LogP contribution in [0.2, 0.25) is 0 Å². The Hall–Kier alpha value is -1.40. The van der Waals surface area contributed by atoms with E-state index in [0.717, 1.165) is 38.5 Å². The maximum absolute atomic E-state index is 12.4. The van der Waals surface area contributed by atoms with Gasteiger partial charge in [-0.2, -0.15) is 0 Å². The van der Waals surface area contributed by atoms with Crippen LogP contribution in [0.3, 0.4) is 0 Å². The first kappa shape index (κ1) is 56.6. The van der Waals surface area contributed by atoms with E-state index in [1.807, 2.05) is 6.08 Å². The molecule has 0 saturated carbocycles. The summed E-state index contributed by atoms with van der Waals surface area (Å²) in [4.78, 5) is 24.4. The molecule has 0 fully saturated rings. The summed E-state index contributed by atoms with van der Waals surface area (Å²) in [5.41, 5.74) is 0. The molecule has 0 heterocycles. The van der Waals surface area contributed by atoms with E-state index in [9.17, 15) is 19.8 Å². The van der Waals surface area contributed by atoms with E-state index < -0.39 is 12.1 Å². The van der Waals surface area contributed by atoms with Crippen molar-refractivity contribution < 1.29 is 24.5 Å². The molecule has 2 atom stereocenters. The molecule has 1 amide bonds. The zero-order chi connectivity index (χ0) is 42.3. The third kappa shape index (κ3) is 44.2. The van der Waals surface area contributed by atoms with E-state index in [2.05, 4.69) is 19.2 Å². The Morgan fingerprint density at radius 3 is 1.17 bits per heavy atom. The summed E-state index contributed by atoms with van der Waals surface area (Å²) in [5, 5.41) is 22.9. The van der Waals surface area contributed by atoms with E-state index in [1.54, 1.807) is 6.08 Å². The molecule has 0 aliphatic carbocycles. The number of hydrogen-bond acceptors (Lipinski definition) is 5. The van der Waals surface area contributed by atoms with Crippen LogP contribution >= 0.6 is 0 Å². The number of ether oxygens (including phenoxy) is 1. The van der Waals surface area contributed by atoms with Gasteiger partial charge in [-0.05, 0) is 32.1 Å². The van der Waals surface area contributed by atoms with Crippen LogP contribution in [0.5, 0.6) is 0 Å². The number of unbranched alkanes of at least 4 members (excludes halogenated alkanes) is 37. The van der Waals surface area contributed by atoms with Crippen molar-refractivity contribution in [1.82, 2.24) is 5.32 Å². The third-order valence-corrected chi connectivity index (χ3v) is 12.1. The predicted octanol–water partition coefficient (Wildman–Crippen LogP) is 15.3. The molecule has 0 spiro atoms. The summed E-state index contributed by atoms with van der Waals surface area (Å²) in [6, 6.07) is -0.625. The van der Waals surface area contributed by atoms with E-state index in [1.165, 1.54) is 218 Å². The van der Waals surface area contributed by atoms with Gasteiger partial charge in [-0.25, -0.2) is 0 Å². The summed E-state index contributed by atoms with van der Waals surface area (Å²) >= 11 is 0. The molecule has 0 saturated heterocycles. The molecule has 6 nitrogen and oxygen atoms in total. The Bertz CT molecular complexity index is 863. The van der Waals surface area contributed by atoms with Crippen molar-refractivity contribution in [1.29, 1.82) is 0 Å². The molecule has 6 heteroatoms. The first-order valence-electron chi connectivity index (χ1n) is 26.0. The van der Waals surface area contributed by atoms with Crippen molar-refractivity contribution >= 4 is 11.9 Å². The minimum Gasteiger partial charge on any atom is -0.466 e. The molecule has 3 N–H and O–H groups in total. The number of allylic oxidation sites excluding steroid dienone is 1. The highest BCUT2D eigenvalue weighted by Gasteiger charge is 2.18. The number of rotatable bonds is 48. The lowest BCUT2D eigenvalue weighted by Gasteiger charge is -2.20. The molecule has 2 unspecified atom stereocenters. The van der Waals surface area contributed by atoms with Gasteiger partial charge >= 0.3 is 5.97 Å². The van der Waals surface area contributed by atoms with E-state index in [4.69, 9.17) is 4.74 Å². The molecule has 0 radical (unpaired) electrons. The number of amides is 1. The average Bonchev–Trinajstić information content (AvgIpc) is 3.22. The van der Waals surface area contributed by atoms with E-state index >= 15 is 0 Å². The molecule has 0 rings (SSSR count). The fourth-order valence-electron chi connectivity index (χ4n) is 8.05. The average molecular weight is 820 g/mol. The van der Waals surface area contributed by atoms with Crippen molar-refractivity contribution in [3.63, 3.8) is 0 Å². The molecule has 0 aliphatic rings. The minimum absolute atomic E-state index is 0.0104. The Morgan fingerprint density at radius 1 is 0.466 bits per heavy atom. The molecular weight excluding hydrogens is 719 g/mol. The molecule has 0 aromatic rings. The van der Waals surface area contributed by atoms with Crippen LogP contribution in [0.15, 0.2) is 12.2 Å². The number of aliphatic hydroxyl groups is 2. The number of carbonyl (C=O) groups is 2. The minimum atomic E-state index is -0.842. The van der Waals surface area contributed by atoms with Gasteiger partial charge in [-0.15, -0.1) is 0 Å². The van der Waals surface area contributed by atoms with Crippen LogP contribution in [0, 0.1) is 0 Å². The molecule has 0 aliphatic heterocycles. The van der Waals surface area contributed by atoms with Crippen LogP contribution < -0.4 is 5.32 Å². The summed E-state index contributed by atoms with van der Waals surface area (Å²) < 4.78 is 5.46. The maximum Gasteiger partial charge on any atom is 0.305 e. The van der Waals surface area contributed by atoms with Gasteiger partial charge in [0.1, 0.15) is 0 Å². The first-order chi connectivity index (χ1) is 28.5. The maximum atomic E-state index is 12.4. The Balaban J connectivity index is 3.37. The highest BCUT2D eigenvalue weighted by molar-refractivity contribution is 5.76. The topological polar surface area (TPSA) is 95.9 Å². The summed E-state index contributed by atoms with van der Waals surface area (Å²) in [5.74, 6) is -0.0617. The van der Waals surface area contributed by atoms with Gasteiger partial charge in [0.2, 0.25) is 5.91 Å². The van der Waals surface area contributed by atoms with E-state index in [0.29, 0.717) is 19.4 Å². The third-order valence-electron chi connectivity index (χ3n) is 12.1. The Morgan fingerprint density at radius 2 is 0.793 bits per heavy atom. The first-order valence-corrected chi connectivity index (χ1v) is 26.0. The Kier molecular flexibility index (Phi) is 47.1. The smallest absolute Gasteiger partial charge is 0.305 e. The van der Waals surface area contributed by atoms with Crippen molar-refractivity contribution in [2.45, 2.75) is 296 Å². The number of esters is 1. The standard InChI is InChI=1S/C52H101NO5/c1-3-5-7-9-11-13-14-26-30-34-38-42-46-52(57)58-47-43-39-35-31-27-24-22-20-18-16-15-17-19-21-23-25-29-33-37-41-45-51(56)53-49(48-54)50(55)44-40-36-32-28-12-10-8-6-4-2/h40,44,49-50,54-55H,3-39,41-43,45-48H2,1-2H3,(H,53,56)/b44-40+. The van der Waals surface area contributed by atoms with Crippen molar-refractivity contribution in [3.05, 3.63) is 12.2 Å². The van der Waals surface area contributed by atoms with E-state index in [-0.39, 0.29) is 18.5 Å². The van der Waals surface area contributed by atoms with Crippen molar-refractivity contribution in [2.24, 2.45) is 0 Å². The second-order valence-electron chi connectivity index (χ2n) is 17.9. The SMILES string of the molecule is CCCCCCCCC/C=C/C(O)C(CO)NC(=O)CCCCCCCCCCCCCCCCCCCCCCOC(=O)CCCCCCCCCCCCCC. The summed E-state index contributed by atoms with van der Waals surface area (Å²) in [7, 11) is 0. The molecule has 0 aromatic carbocycles. The summed E-state index contributed by atoms with van der Waals surface area (Å²) in [6.07, 6.45) is 55.1. The molecule has 0 bridgehead atoms. The van der Waals surface area contributed by atoms with Crippen molar-refractivity contribution in [2.75, 3.05) is 13.2 Å². The van der Waals surface area contributed by atoms with Crippen LogP contribution in [-0.4, -0.2) is 47.4 Å². The fourth-order valence-corrected chi connectivity index (χ4v) is 8.05. The highest BCUT2D eigenvalue weighted by Crippen LogP contribution is 2.17. The number of hydrogen-bond donors (Lipinski definition) is 3. The van der Waals surface area contributed by atoms with Crippen molar-refractivity contribution in [3.8, 4) is 0 Å². The van der Waals surface area contributed by atoms with Gasteiger partial charge in [0.25, 0.3) is 0 Å². The lowest BCUT2D eigenvalue weighted by Crippen LogP contribution is -2.45. The zero-order valence-electron chi connectivity index (χ0n) is 39.0. The summed E-state index contributed by atoms with van der Waals surface area (Å²) in [6.45, 7) is 4.87. The van der Waals surface area contributed by atoms with Gasteiger partial charge in [-0.1, -0.05) is 251 Å². The molecule has 344 valence electrons. The fraction of sp³-hybridized carbons (Fsp3) is 0.923. The van der Waals surface area contributed by atoms with Crippen LogP contribution in [-0.2, 0) is 14.3 Å². The quantitative estimate of drug-likeness (QED) is 0.0323. The largest absolute Gasteiger partial charge is 0.466 e. The lowest BCUT2D eigenvalue weighted by atomic mass is 10.0. The van der Waals surface area contributed by atoms with Crippen LogP contribution in [0.1, 0.15) is 284 Å².